The van der Waals surface area contributed by atoms with E-state index in [9.17, 15) is 4.79 Å². The molecule has 3 nitrogen and oxygen atoms in total. The van der Waals surface area contributed by atoms with Crippen LogP contribution in [0.4, 0.5) is 0 Å². The first-order valence-corrected chi connectivity index (χ1v) is 9.64. The van der Waals surface area contributed by atoms with Crippen molar-refractivity contribution < 1.29 is 4.79 Å². The van der Waals surface area contributed by atoms with E-state index in [4.69, 9.17) is 0 Å². The van der Waals surface area contributed by atoms with Crippen molar-refractivity contribution in [2.45, 2.75) is 39.0 Å². The van der Waals surface area contributed by atoms with Crippen molar-refractivity contribution in [2.75, 3.05) is 26.2 Å². The van der Waals surface area contributed by atoms with Crippen LogP contribution in [0.15, 0.2) is 6.07 Å². The number of carbonyl (C=O) groups excluding carboxylic acids is 1. The molecule has 3 aliphatic rings. The highest BCUT2D eigenvalue weighted by Gasteiger charge is 2.32. The van der Waals surface area contributed by atoms with E-state index in [0.717, 1.165) is 55.2 Å². The molecule has 4 rings (SSSR count). The number of thiophene rings is 1. The van der Waals surface area contributed by atoms with E-state index >= 15 is 0 Å². The number of likely N-dealkylation sites (tertiary alicyclic amines) is 1. The Morgan fingerprint density at radius 2 is 1.95 bits per heavy atom. The number of hydrogen-bond acceptors (Lipinski definition) is 3. The van der Waals surface area contributed by atoms with Gasteiger partial charge in [0.2, 0.25) is 0 Å². The maximum absolute atomic E-state index is 12.9. The number of fused-ring (bicyclic) bond motifs is 2. The second-order valence-corrected chi connectivity index (χ2v) is 8.59. The molecule has 22 heavy (non-hydrogen) atoms. The maximum atomic E-state index is 12.9. The lowest BCUT2D eigenvalue weighted by atomic mass is 9.90. The third-order valence-electron chi connectivity index (χ3n) is 5.85. The molecule has 0 aromatic carbocycles. The summed E-state index contributed by atoms with van der Waals surface area (Å²) in [6.07, 6.45) is 5.96. The van der Waals surface area contributed by atoms with Crippen molar-refractivity contribution in [1.29, 1.82) is 0 Å². The van der Waals surface area contributed by atoms with Gasteiger partial charge in [-0.25, -0.2) is 0 Å². The molecule has 1 N–H and O–H groups in total. The molecule has 1 aliphatic carbocycles. The minimum absolute atomic E-state index is 0.292. The highest BCUT2D eigenvalue weighted by molar-refractivity contribution is 7.14. The number of aryl methyl sites for hydroxylation is 1. The second kappa shape index (κ2) is 5.97. The Labute approximate surface area is 137 Å². The molecule has 2 aliphatic heterocycles. The molecule has 0 bridgehead atoms. The van der Waals surface area contributed by atoms with E-state index in [1.54, 1.807) is 11.3 Å². The minimum Gasteiger partial charge on any atom is -0.338 e. The van der Waals surface area contributed by atoms with Gasteiger partial charge in [0, 0.05) is 18.0 Å². The van der Waals surface area contributed by atoms with Gasteiger partial charge in [-0.1, -0.05) is 6.92 Å². The lowest BCUT2D eigenvalue weighted by Crippen LogP contribution is -2.32. The lowest BCUT2D eigenvalue weighted by molar-refractivity contribution is 0.0763. The highest BCUT2D eigenvalue weighted by Crippen LogP contribution is 2.34. The van der Waals surface area contributed by atoms with E-state index in [1.165, 1.54) is 36.1 Å². The Kier molecular flexibility index (Phi) is 3.99. The molecule has 1 aromatic heterocycles. The summed E-state index contributed by atoms with van der Waals surface area (Å²) in [4.78, 5) is 17.5. The molecule has 3 heterocycles. The molecular formula is C18H26N2OS. The number of nitrogens with zero attached hydrogens (tertiary/aromatic N) is 1. The van der Waals surface area contributed by atoms with Gasteiger partial charge in [0.05, 0.1) is 4.88 Å². The summed E-state index contributed by atoms with van der Waals surface area (Å²) in [6, 6.07) is 2.20. The van der Waals surface area contributed by atoms with Crippen molar-refractivity contribution in [3.63, 3.8) is 0 Å². The molecular weight excluding hydrogens is 292 g/mol. The average Bonchev–Trinajstić information content (AvgIpc) is 3.08. The van der Waals surface area contributed by atoms with E-state index in [2.05, 4.69) is 23.2 Å². The van der Waals surface area contributed by atoms with Crippen molar-refractivity contribution in [2.24, 2.45) is 17.8 Å². The van der Waals surface area contributed by atoms with Gasteiger partial charge in [-0.2, -0.15) is 0 Å². The van der Waals surface area contributed by atoms with Crippen LogP contribution in [0.1, 0.15) is 46.3 Å². The molecule has 1 amide bonds. The Balaban J connectivity index is 1.47. The summed E-state index contributed by atoms with van der Waals surface area (Å²) < 4.78 is 0. The first-order valence-electron chi connectivity index (χ1n) is 8.82. The molecule has 2 fully saturated rings. The van der Waals surface area contributed by atoms with Crippen LogP contribution in [0.2, 0.25) is 0 Å². The molecule has 2 saturated heterocycles. The van der Waals surface area contributed by atoms with Crippen molar-refractivity contribution in [3.8, 4) is 0 Å². The van der Waals surface area contributed by atoms with Gasteiger partial charge in [-0.3, -0.25) is 4.79 Å². The highest BCUT2D eigenvalue weighted by atomic mass is 32.1. The zero-order chi connectivity index (χ0) is 15.1. The fourth-order valence-electron chi connectivity index (χ4n) is 4.39. The largest absolute Gasteiger partial charge is 0.338 e. The zero-order valence-corrected chi connectivity index (χ0v) is 14.3. The Bertz CT molecular complexity index is 553. The first-order chi connectivity index (χ1) is 10.7. The van der Waals surface area contributed by atoms with E-state index in [1.807, 2.05) is 0 Å². The lowest BCUT2D eigenvalue weighted by Gasteiger charge is -2.20. The van der Waals surface area contributed by atoms with Crippen molar-refractivity contribution >= 4 is 17.2 Å². The van der Waals surface area contributed by atoms with Gasteiger partial charge < -0.3 is 10.2 Å². The zero-order valence-electron chi connectivity index (χ0n) is 13.4. The first kappa shape index (κ1) is 14.7. The van der Waals surface area contributed by atoms with E-state index in [-0.39, 0.29) is 0 Å². The minimum atomic E-state index is 0.292. The Morgan fingerprint density at radius 1 is 1.23 bits per heavy atom. The number of amides is 1. The average molecular weight is 318 g/mol. The smallest absolute Gasteiger partial charge is 0.263 e. The topological polar surface area (TPSA) is 32.3 Å². The normalized spacial score (nSPS) is 31.5. The molecule has 1 unspecified atom stereocenters. The fraction of sp³-hybridized carbons (Fsp3) is 0.722. The summed E-state index contributed by atoms with van der Waals surface area (Å²) in [5, 5.41) is 3.50. The van der Waals surface area contributed by atoms with Crippen LogP contribution in [0.5, 0.6) is 0 Å². The molecule has 0 saturated carbocycles. The van der Waals surface area contributed by atoms with E-state index in [0.29, 0.717) is 5.91 Å². The third-order valence-corrected chi connectivity index (χ3v) is 7.07. The summed E-state index contributed by atoms with van der Waals surface area (Å²) in [7, 11) is 0. The van der Waals surface area contributed by atoms with Gasteiger partial charge in [0.15, 0.2) is 0 Å². The van der Waals surface area contributed by atoms with Crippen LogP contribution in [0.25, 0.3) is 0 Å². The Hall–Kier alpha value is -0.870. The van der Waals surface area contributed by atoms with Gasteiger partial charge in [-0.05, 0) is 74.6 Å². The van der Waals surface area contributed by atoms with Crippen LogP contribution < -0.4 is 5.32 Å². The third kappa shape index (κ3) is 2.71. The predicted molar refractivity (Wildman–Crippen MR) is 90.5 cm³/mol. The summed E-state index contributed by atoms with van der Waals surface area (Å²) in [6.45, 7) is 6.51. The molecule has 0 radical (unpaired) electrons. The van der Waals surface area contributed by atoms with Gasteiger partial charge >= 0.3 is 0 Å². The van der Waals surface area contributed by atoms with Gasteiger partial charge in [0.1, 0.15) is 0 Å². The van der Waals surface area contributed by atoms with Crippen LogP contribution in [0, 0.1) is 17.8 Å². The summed E-state index contributed by atoms with van der Waals surface area (Å²) in [5.41, 5.74) is 1.45. The van der Waals surface area contributed by atoms with Crippen molar-refractivity contribution in [1.82, 2.24) is 10.2 Å². The van der Waals surface area contributed by atoms with Gasteiger partial charge in [0.25, 0.3) is 5.91 Å². The fourth-order valence-corrected chi connectivity index (χ4v) is 5.56. The maximum Gasteiger partial charge on any atom is 0.263 e. The SMILES string of the molecule is CC1CCc2sc(C(=O)N3CC[C@@H]4CNC[C@@H]4CC3)cc2C1. The molecule has 1 aromatic rings. The predicted octanol–water partition coefficient (Wildman–Crippen LogP) is 2.94. The standard InChI is InChI=1S/C18H26N2OS/c1-12-2-3-16-15(8-12)9-17(22-16)18(21)20-6-4-13-10-19-11-14(13)5-7-20/h9,12-14,19H,2-8,10-11H2,1H3/t12?,13-,14+. The quantitative estimate of drug-likeness (QED) is 0.863. The van der Waals surface area contributed by atoms with Gasteiger partial charge in [-0.15, -0.1) is 11.3 Å². The number of hydrogen-bond donors (Lipinski definition) is 1. The summed E-state index contributed by atoms with van der Waals surface area (Å²) >= 11 is 1.76. The van der Waals surface area contributed by atoms with Crippen LogP contribution in [-0.2, 0) is 12.8 Å². The monoisotopic (exact) mass is 318 g/mol. The number of nitrogens with one attached hydrogen (secondary N) is 1. The molecule has 4 heteroatoms. The number of rotatable bonds is 1. The van der Waals surface area contributed by atoms with Crippen molar-refractivity contribution in [3.05, 3.63) is 21.4 Å². The molecule has 0 spiro atoms. The second-order valence-electron chi connectivity index (χ2n) is 7.45. The van der Waals surface area contributed by atoms with Crippen LogP contribution in [-0.4, -0.2) is 37.0 Å². The van der Waals surface area contributed by atoms with E-state index < -0.39 is 0 Å². The van der Waals surface area contributed by atoms with Crippen LogP contribution in [0.3, 0.4) is 0 Å². The van der Waals surface area contributed by atoms with Crippen LogP contribution >= 0.6 is 11.3 Å². The molecule has 3 atom stereocenters. The molecule has 120 valence electrons. The summed E-state index contributed by atoms with van der Waals surface area (Å²) in [5.74, 6) is 2.64. The Morgan fingerprint density at radius 3 is 2.68 bits per heavy atom. The number of carbonyl (C=O) groups is 1.